The summed E-state index contributed by atoms with van der Waals surface area (Å²) in [6.07, 6.45) is 1.95. The third kappa shape index (κ3) is 6.78. The quantitative estimate of drug-likeness (QED) is 0.611. The number of amides is 1. The minimum atomic E-state index is -0.555. The number of nitrogens with zero attached hydrogens (tertiary/aromatic N) is 1. The first-order valence-corrected chi connectivity index (χ1v) is 7.57. The highest BCUT2D eigenvalue weighted by molar-refractivity contribution is 5.81. The predicted octanol–water partition coefficient (Wildman–Crippen LogP) is 3.22. The molecule has 0 fully saturated rings. The highest BCUT2D eigenvalue weighted by Crippen LogP contribution is 2.16. The van der Waals surface area contributed by atoms with E-state index in [4.69, 9.17) is 9.47 Å². The lowest BCUT2D eigenvalue weighted by Gasteiger charge is -2.30. The van der Waals surface area contributed by atoms with Crippen LogP contribution in [0.15, 0.2) is 0 Å². The van der Waals surface area contributed by atoms with E-state index < -0.39 is 12.1 Å². The molecule has 0 aliphatic rings. The molecule has 0 aliphatic carbocycles. The zero-order valence-corrected chi connectivity index (χ0v) is 13.5. The molecule has 5 nitrogen and oxygen atoms in total. The molecule has 0 aromatic heterocycles. The normalized spacial score (nSPS) is 12.1. The van der Waals surface area contributed by atoms with Crippen LogP contribution >= 0.6 is 0 Å². The maximum atomic E-state index is 12.1. The Labute approximate surface area is 122 Å². The van der Waals surface area contributed by atoms with E-state index in [1.807, 2.05) is 20.8 Å². The number of ether oxygens (including phenoxy) is 2. The van der Waals surface area contributed by atoms with Gasteiger partial charge in [-0.3, -0.25) is 4.90 Å². The smallest absolute Gasteiger partial charge is 0.410 e. The second-order valence-corrected chi connectivity index (χ2v) is 5.14. The summed E-state index contributed by atoms with van der Waals surface area (Å²) in [7, 11) is 0. The van der Waals surface area contributed by atoms with Gasteiger partial charge in [-0.25, -0.2) is 9.59 Å². The number of unbranched alkanes of at least 4 members (excludes halogenated alkanes) is 1. The van der Waals surface area contributed by atoms with E-state index in [0.29, 0.717) is 32.1 Å². The maximum absolute atomic E-state index is 12.1. The summed E-state index contributed by atoms with van der Waals surface area (Å²) in [6.45, 7) is 10.8. The summed E-state index contributed by atoms with van der Waals surface area (Å²) in [6, 6.07) is -0.555. The topological polar surface area (TPSA) is 55.8 Å². The van der Waals surface area contributed by atoms with Gasteiger partial charge in [0.2, 0.25) is 0 Å². The average Bonchev–Trinajstić information content (AvgIpc) is 2.38. The minimum absolute atomic E-state index is 0.294. The van der Waals surface area contributed by atoms with Crippen molar-refractivity contribution in [3.05, 3.63) is 0 Å². The summed E-state index contributed by atoms with van der Waals surface area (Å²) in [5.74, 6) is -0.0479. The van der Waals surface area contributed by atoms with Gasteiger partial charge in [0.1, 0.15) is 6.04 Å². The molecule has 0 rings (SSSR count). The highest BCUT2D eigenvalue weighted by Gasteiger charge is 2.32. The fourth-order valence-corrected chi connectivity index (χ4v) is 1.94. The van der Waals surface area contributed by atoms with Gasteiger partial charge in [-0.15, -0.1) is 0 Å². The van der Waals surface area contributed by atoms with Gasteiger partial charge in [0, 0.05) is 6.54 Å². The van der Waals surface area contributed by atoms with E-state index in [2.05, 4.69) is 0 Å². The van der Waals surface area contributed by atoms with Crippen molar-refractivity contribution in [3.63, 3.8) is 0 Å². The van der Waals surface area contributed by atoms with E-state index in [-0.39, 0.29) is 5.97 Å². The monoisotopic (exact) mass is 287 g/mol. The van der Waals surface area contributed by atoms with Gasteiger partial charge in [-0.2, -0.15) is 0 Å². The molecular weight excluding hydrogens is 258 g/mol. The first-order valence-electron chi connectivity index (χ1n) is 7.57. The second kappa shape index (κ2) is 10.5. The summed E-state index contributed by atoms with van der Waals surface area (Å²) in [4.78, 5) is 25.7. The van der Waals surface area contributed by atoms with Crippen LogP contribution in [-0.4, -0.2) is 42.8 Å². The van der Waals surface area contributed by atoms with E-state index in [0.717, 1.165) is 12.8 Å². The SMILES string of the molecule is CCCCN(C(=O)OCC)C(CC(C)C)C(=O)OCC. The summed E-state index contributed by atoms with van der Waals surface area (Å²) in [5, 5.41) is 0. The number of rotatable bonds is 9. The zero-order valence-electron chi connectivity index (χ0n) is 13.5. The van der Waals surface area contributed by atoms with Crippen LogP contribution in [0.25, 0.3) is 0 Å². The van der Waals surface area contributed by atoms with Crippen LogP contribution in [0, 0.1) is 5.92 Å². The maximum Gasteiger partial charge on any atom is 0.410 e. The molecule has 0 radical (unpaired) electrons. The van der Waals surface area contributed by atoms with Crippen molar-refractivity contribution in [1.82, 2.24) is 4.90 Å². The van der Waals surface area contributed by atoms with Crippen LogP contribution in [0.1, 0.15) is 53.9 Å². The third-order valence-electron chi connectivity index (χ3n) is 2.88. The Hall–Kier alpha value is -1.26. The summed E-state index contributed by atoms with van der Waals surface area (Å²) in [5.41, 5.74) is 0. The molecule has 1 amide bonds. The van der Waals surface area contributed by atoms with Crippen LogP contribution in [0.3, 0.4) is 0 Å². The number of hydrogen-bond donors (Lipinski definition) is 0. The van der Waals surface area contributed by atoms with Gasteiger partial charge in [0.25, 0.3) is 0 Å². The Morgan fingerprint density at radius 2 is 1.65 bits per heavy atom. The lowest BCUT2D eigenvalue weighted by atomic mass is 10.0. The van der Waals surface area contributed by atoms with Crippen LogP contribution in [-0.2, 0) is 14.3 Å². The van der Waals surface area contributed by atoms with Crippen molar-refractivity contribution in [2.75, 3.05) is 19.8 Å². The molecule has 118 valence electrons. The molecule has 1 unspecified atom stereocenters. The fourth-order valence-electron chi connectivity index (χ4n) is 1.94. The minimum Gasteiger partial charge on any atom is -0.464 e. The molecule has 20 heavy (non-hydrogen) atoms. The molecule has 0 N–H and O–H groups in total. The van der Waals surface area contributed by atoms with Crippen molar-refractivity contribution in [2.45, 2.75) is 59.9 Å². The van der Waals surface area contributed by atoms with Crippen molar-refractivity contribution in [3.8, 4) is 0 Å². The Bertz CT molecular complexity index is 292. The Morgan fingerprint density at radius 3 is 2.10 bits per heavy atom. The van der Waals surface area contributed by atoms with Crippen LogP contribution < -0.4 is 0 Å². The fraction of sp³-hybridized carbons (Fsp3) is 0.867. The first-order chi connectivity index (χ1) is 9.47. The number of carbonyl (C=O) groups excluding carboxylic acids is 2. The van der Waals surface area contributed by atoms with Crippen LogP contribution in [0.4, 0.5) is 4.79 Å². The Balaban J connectivity index is 5.04. The molecule has 0 saturated carbocycles. The van der Waals surface area contributed by atoms with Crippen LogP contribution in [0.5, 0.6) is 0 Å². The largest absolute Gasteiger partial charge is 0.464 e. The van der Waals surface area contributed by atoms with Crippen molar-refractivity contribution in [2.24, 2.45) is 5.92 Å². The molecule has 0 spiro atoms. The molecule has 0 saturated heterocycles. The third-order valence-corrected chi connectivity index (χ3v) is 2.88. The number of hydrogen-bond acceptors (Lipinski definition) is 4. The van der Waals surface area contributed by atoms with Crippen molar-refractivity contribution < 1.29 is 19.1 Å². The Kier molecular flexibility index (Phi) is 9.86. The van der Waals surface area contributed by atoms with Gasteiger partial charge >= 0.3 is 12.1 Å². The molecule has 1 atom stereocenters. The second-order valence-electron chi connectivity index (χ2n) is 5.14. The molecule has 0 aromatic carbocycles. The van der Waals surface area contributed by atoms with Gasteiger partial charge in [0.05, 0.1) is 13.2 Å². The van der Waals surface area contributed by atoms with Gasteiger partial charge in [0.15, 0.2) is 0 Å². The molecular formula is C15H29NO4. The zero-order chi connectivity index (χ0) is 15.5. The standard InChI is InChI=1S/C15H29NO4/c1-6-9-10-16(15(18)20-8-3)13(11-12(4)5)14(17)19-7-2/h12-13H,6-11H2,1-5H3. The average molecular weight is 287 g/mol. The molecule has 5 heteroatoms. The Morgan fingerprint density at radius 1 is 1.05 bits per heavy atom. The molecule has 0 aliphatic heterocycles. The van der Waals surface area contributed by atoms with Gasteiger partial charge in [-0.05, 0) is 32.6 Å². The van der Waals surface area contributed by atoms with Crippen molar-refractivity contribution in [1.29, 1.82) is 0 Å². The number of esters is 1. The lowest BCUT2D eigenvalue weighted by Crippen LogP contribution is -2.47. The lowest BCUT2D eigenvalue weighted by molar-refractivity contribution is -0.149. The molecule has 0 bridgehead atoms. The van der Waals surface area contributed by atoms with Crippen molar-refractivity contribution >= 4 is 12.1 Å². The summed E-state index contributed by atoms with van der Waals surface area (Å²) < 4.78 is 10.2. The van der Waals surface area contributed by atoms with Crippen LogP contribution in [0.2, 0.25) is 0 Å². The van der Waals surface area contributed by atoms with E-state index in [1.165, 1.54) is 4.90 Å². The molecule has 0 heterocycles. The van der Waals surface area contributed by atoms with E-state index in [1.54, 1.807) is 13.8 Å². The number of carbonyl (C=O) groups is 2. The highest BCUT2D eigenvalue weighted by atomic mass is 16.6. The molecule has 0 aromatic rings. The van der Waals surface area contributed by atoms with Gasteiger partial charge in [-0.1, -0.05) is 27.2 Å². The van der Waals surface area contributed by atoms with E-state index >= 15 is 0 Å². The van der Waals surface area contributed by atoms with E-state index in [9.17, 15) is 9.59 Å². The van der Waals surface area contributed by atoms with Gasteiger partial charge < -0.3 is 9.47 Å². The first kappa shape index (κ1) is 18.7. The summed E-state index contributed by atoms with van der Waals surface area (Å²) >= 11 is 0. The predicted molar refractivity (Wildman–Crippen MR) is 78.5 cm³/mol.